The smallest absolute Gasteiger partial charge is 0.312 e. The van der Waals surface area contributed by atoms with Gasteiger partial charge in [0, 0.05) is 5.92 Å². The van der Waals surface area contributed by atoms with Crippen molar-refractivity contribution in [2.45, 2.75) is 40.0 Å². The number of hydrogen-bond donors (Lipinski definition) is 0. The van der Waals surface area contributed by atoms with Gasteiger partial charge in [-0.25, -0.2) is 0 Å². The molecule has 2 rings (SSSR count). The summed E-state index contributed by atoms with van der Waals surface area (Å²) < 4.78 is 5.46. The molecule has 0 spiro atoms. The molecule has 0 N–H and O–H groups in total. The van der Waals surface area contributed by atoms with E-state index in [1.807, 2.05) is 6.92 Å². The summed E-state index contributed by atoms with van der Waals surface area (Å²) in [6.45, 7) is 6.87. The predicted octanol–water partition coefficient (Wildman–Crippen LogP) is 3.18. The van der Waals surface area contributed by atoms with Gasteiger partial charge in [-0.1, -0.05) is 26.0 Å². The lowest BCUT2D eigenvalue weighted by Gasteiger charge is -2.18. The number of allylic oxidation sites excluding steroid dienone is 1. The van der Waals surface area contributed by atoms with Crippen LogP contribution >= 0.6 is 0 Å². The fourth-order valence-electron chi connectivity index (χ4n) is 2.72. The Bertz CT molecular complexity index is 298. The fraction of sp³-hybridized carbons (Fsp3) is 0.786. The summed E-state index contributed by atoms with van der Waals surface area (Å²) in [5.41, 5.74) is -0.210. The molecule has 0 amide bonds. The van der Waals surface area contributed by atoms with Gasteiger partial charge in [0.25, 0.3) is 0 Å². The zero-order chi connectivity index (χ0) is 11.8. The van der Waals surface area contributed by atoms with Gasteiger partial charge in [0.15, 0.2) is 0 Å². The first kappa shape index (κ1) is 11.7. The summed E-state index contributed by atoms with van der Waals surface area (Å²) in [5.74, 6) is 1.40. The van der Waals surface area contributed by atoms with Gasteiger partial charge in [-0.3, -0.25) is 4.79 Å². The summed E-state index contributed by atoms with van der Waals surface area (Å²) in [6, 6.07) is 0. The number of carbonyl (C=O) groups excluding carboxylic acids is 1. The molecular formula is C14H22O2. The molecule has 3 unspecified atom stereocenters. The van der Waals surface area contributed by atoms with E-state index in [4.69, 9.17) is 4.74 Å². The minimum absolute atomic E-state index is 0.00599. The summed E-state index contributed by atoms with van der Waals surface area (Å²) in [5, 5.41) is 0. The molecule has 16 heavy (non-hydrogen) atoms. The zero-order valence-corrected chi connectivity index (χ0v) is 10.5. The molecule has 1 fully saturated rings. The first-order valence-corrected chi connectivity index (χ1v) is 6.40. The Morgan fingerprint density at radius 2 is 2.12 bits per heavy atom. The van der Waals surface area contributed by atoms with Crippen molar-refractivity contribution in [1.29, 1.82) is 0 Å². The highest BCUT2D eigenvalue weighted by Crippen LogP contribution is 2.58. The Hall–Kier alpha value is -0.790. The number of esters is 1. The summed E-state index contributed by atoms with van der Waals surface area (Å²) in [4.78, 5) is 11.9. The average molecular weight is 222 g/mol. The van der Waals surface area contributed by atoms with E-state index in [0.717, 1.165) is 6.42 Å². The van der Waals surface area contributed by atoms with Crippen molar-refractivity contribution in [2.75, 3.05) is 6.61 Å². The minimum atomic E-state index is -0.210. The van der Waals surface area contributed by atoms with Gasteiger partial charge in [0.1, 0.15) is 0 Å². The third-order valence-corrected chi connectivity index (χ3v) is 4.75. The fourth-order valence-corrected chi connectivity index (χ4v) is 2.72. The normalized spacial score (nSPS) is 41.8. The van der Waals surface area contributed by atoms with E-state index in [9.17, 15) is 4.79 Å². The summed E-state index contributed by atoms with van der Waals surface area (Å²) in [7, 11) is 0. The van der Waals surface area contributed by atoms with E-state index in [2.05, 4.69) is 26.0 Å². The summed E-state index contributed by atoms with van der Waals surface area (Å²) >= 11 is 0. The number of carbonyl (C=O) groups is 1. The van der Waals surface area contributed by atoms with Crippen molar-refractivity contribution in [2.24, 2.45) is 23.2 Å². The largest absolute Gasteiger partial charge is 0.465 e. The molecule has 0 radical (unpaired) electrons. The third-order valence-electron chi connectivity index (χ3n) is 4.75. The molecule has 0 heterocycles. The maximum Gasteiger partial charge on any atom is 0.312 e. The Kier molecular flexibility index (Phi) is 3.09. The predicted molar refractivity (Wildman–Crippen MR) is 63.9 cm³/mol. The molecule has 0 bridgehead atoms. The van der Waals surface area contributed by atoms with Crippen LogP contribution in [0.2, 0.25) is 0 Å². The highest BCUT2D eigenvalue weighted by atomic mass is 16.5. The molecule has 90 valence electrons. The molecule has 2 nitrogen and oxygen atoms in total. The van der Waals surface area contributed by atoms with Crippen LogP contribution in [-0.4, -0.2) is 12.6 Å². The van der Waals surface area contributed by atoms with Crippen molar-refractivity contribution in [3.05, 3.63) is 12.2 Å². The van der Waals surface area contributed by atoms with Crippen molar-refractivity contribution in [1.82, 2.24) is 0 Å². The second kappa shape index (κ2) is 4.23. The molecule has 2 heteroatoms. The van der Waals surface area contributed by atoms with Gasteiger partial charge in [-0.05, 0) is 38.0 Å². The highest BCUT2D eigenvalue weighted by molar-refractivity contribution is 5.80. The van der Waals surface area contributed by atoms with Gasteiger partial charge in [0.2, 0.25) is 0 Å². The van der Waals surface area contributed by atoms with Crippen LogP contribution in [0.5, 0.6) is 0 Å². The Labute approximate surface area is 98.1 Å². The Morgan fingerprint density at radius 1 is 1.44 bits per heavy atom. The van der Waals surface area contributed by atoms with Gasteiger partial charge in [-0.2, -0.15) is 0 Å². The van der Waals surface area contributed by atoms with Crippen LogP contribution < -0.4 is 0 Å². The van der Waals surface area contributed by atoms with Gasteiger partial charge in [0.05, 0.1) is 12.0 Å². The lowest BCUT2D eigenvalue weighted by Crippen LogP contribution is -2.22. The second-order valence-electron chi connectivity index (χ2n) is 5.58. The first-order chi connectivity index (χ1) is 7.56. The maximum absolute atomic E-state index is 11.9. The second-order valence-corrected chi connectivity index (χ2v) is 5.58. The van der Waals surface area contributed by atoms with Crippen LogP contribution in [0.1, 0.15) is 40.0 Å². The van der Waals surface area contributed by atoms with Crippen molar-refractivity contribution in [3.8, 4) is 0 Å². The molecular weight excluding hydrogens is 200 g/mol. The molecule has 0 aromatic carbocycles. The standard InChI is InChI=1S/C14H22O2/c1-10-11(2)14(10,3)13(15)16-9-12-7-5-4-6-8-12/h5,7,10-12H,4,6,8-9H2,1-3H3. The molecule has 0 aromatic rings. The van der Waals surface area contributed by atoms with E-state index in [1.165, 1.54) is 12.8 Å². The monoisotopic (exact) mass is 222 g/mol. The van der Waals surface area contributed by atoms with Crippen molar-refractivity contribution < 1.29 is 9.53 Å². The molecule has 0 aliphatic heterocycles. The van der Waals surface area contributed by atoms with Crippen LogP contribution in [0.3, 0.4) is 0 Å². The quantitative estimate of drug-likeness (QED) is 0.541. The lowest BCUT2D eigenvalue weighted by molar-refractivity contribution is -0.151. The van der Waals surface area contributed by atoms with E-state index < -0.39 is 0 Å². The van der Waals surface area contributed by atoms with Crippen LogP contribution in [0.15, 0.2) is 12.2 Å². The van der Waals surface area contributed by atoms with Crippen molar-refractivity contribution >= 4 is 5.97 Å². The van der Waals surface area contributed by atoms with Crippen molar-refractivity contribution in [3.63, 3.8) is 0 Å². The number of hydrogen-bond acceptors (Lipinski definition) is 2. The highest BCUT2D eigenvalue weighted by Gasteiger charge is 2.61. The molecule has 0 aromatic heterocycles. The number of ether oxygens (including phenoxy) is 1. The third kappa shape index (κ3) is 1.90. The lowest BCUT2D eigenvalue weighted by atomic mass is 9.97. The Morgan fingerprint density at radius 3 is 2.62 bits per heavy atom. The Balaban J connectivity index is 1.80. The van der Waals surface area contributed by atoms with E-state index in [-0.39, 0.29) is 11.4 Å². The SMILES string of the molecule is CC1C(C)C1(C)C(=O)OCC1C=CCCC1. The average Bonchev–Trinajstić information content (AvgIpc) is 2.80. The zero-order valence-electron chi connectivity index (χ0n) is 10.5. The van der Waals surface area contributed by atoms with Crippen LogP contribution in [0.25, 0.3) is 0 Å². The van der Waals surface area contributed by atoms with E-state index in [0.29, 0.717) is 24.4 Å². The molecule has 1 saturated carbocycles. The van der Waals surface area contributed by atoms with Gasteiger partial charge >= 0.3 is 5.97 Å². The van der Waals surface area contributed by atoms with Crippen LogP contribution in [-0.2, 0) is 9.53 Å². The van der Waals surface area contributed by atoms with Gasteiger partial charge < -0.3 is 4.74 Å². The maximum atomic E-state index is 11.9. The molecule has 0 saturated heterocycles. The topological polar surface area (TPSA) is 26.3 Å². The molecule has 2 aliphatic rings. The van der Waals surface area contributed by atoms with Crippen LogP contribution in [0.4, 0.5) is 0 Å². The van der Waals surface area contributed by atoms with E-state index >= 15 is 0 Å². The van der Waals surface area contributed by atoms with Crippen LogP contribution in [0, 0.1) is 23.2 Å². The minimum Gasteiger partial charge on any atom is -0.465 e. The first-order valence-electron chi connectivity index (χ1n) is 6.40. The molecule has 2 aliphatic carbocycles. The van der Waals surface area contributed by atoms with E-state index in [1.54, 1.807) is 0 Å². The number of rotatable bonds is 3. The van der Waals surface area contributed by atoms with Gasteiger partial charge in [-0.15, -0.1) is 0 Å². The summed E-state index contributed by atoms with van der Waals surface area (Å²) in [6.07, 6.45) is 7.95. The molecule has 3 atom stereocenters.